The van der Waals surface area contributed by atoms with Crippen LogP contribution in [-0.4, -0.2) is 36.7 Å². The summed E-state index contributed by atoms with van der Waals surface area (Å²) in [7, 11) is 1.32. The van der Waals surface area contributed by atoms with Crippen molar-refractivity contribution < 1.29 is 19.1 Å². The number of methoxy groups -OCH3 is 1. The van der Waals surface area contributed by atoms with Crippen LogP contribution in [0.4, 0.5) is 4.79 Å². The Hall–Kier alpha value is -1.95. The Kier molecular flexibility index (Phi) is 16.4. The standard InChI is InChI=1S/C25H39NO4S/c1-3-4-5-6-7-8-9-10-11-12-16-19-31-21-23(24(27)29-2)26-25(28)30-20-22-17-14-13-15-18-22/h12-18,23H,3-11,19-21H2,1-2H3,(H,26,28)/b16-12+/t23-/m0/s1. The van der Waals surface area contributed by atoms with Crippen LogP contribution in [0.1, 0.15) is 70.3 Å². The Morgan fingerprint density at radius 1 is 1.00 bits per heavy atom. The van der Waals surface area contributed by atoms with Gasteiger partial charge in [0.1, 0.15) is 12.6 Å². The van der Waals surface area contributed by atoms with Crippen LogP contribution in [0.2, 0.25) is 0 Å². The van der Waals surface area contributed by atoms with Crippen molar-refractivity contribution in [2.24, 2.45) is 0 Å². The van der Waals surface area contributed by atoms with Gasteiger partial charge < -0.3 is 14.8 Å². The van der Waals surface area contributed by atoms with E-state index in [2.05, 4.69) is 24.4 Å². The molecule has 0 aliphatic rings. The molecule has 0 aliphatic carbocycles. The van der Waals surface area contributed by atoms with Gasteiger partial charge in [-0.3, -0.25) is 0 Å². The number of carbonyl (C=O) groups is 2. The quantitative estimate of drug-likeness (QED) is 0.172. The number of unbranched alkanes of at least 4 members (excludes halogenated alkanes) is 8. The number of thioether (sulfide) groups is 1. The van der Waals surface area contributed by atoms with Gasteiger partial charge in [-0.1, -0.05) is 94.4 Å². The molecule has 1 amide bonds. The van der Waals surface area contributed by atoms with E-state index in [4.69, 9.17) is 9.47 Å². The van der Waals surface area contributed by atoms with Crippen LogP contribution in [0, 0.1) is 0 Å². The first kappa shape index (κ1) is 27.1. The lowest BCUT2D eigenvalue weighted by atomic mass is 10.1. The van der Waals surface area contributed by atoms with Gasteiger partial charge in [0.2, 0.25) is 0 Å². The van der Waals surface area contributed by atoms with Gasteiger partial charge in [-0.05, 0) is 18.4 Å². The number of benzene rings is 1. The molecule has 1 rings (SSSR count). The topological polar surface area (TPSA) is 64.6 Å². The molecule has 0 unspecified atom stereocenters. The minimum absolute atomic E-state index is 0.162. The average Bonchev–Trinajstić information content (AvgIpc) is 2.80. The van der Waals surface area contributed by atoms with Gasteiger partial charge in [0.15, 0.2) is 0 Å². The molecule has 0 heterocycles. The first-order chi connectivity index (χ1) is 15.2. The van der Waals surface area contributed by atoms with E-state index in [1.165, 1.54) is 58.5 Å². The Labute approximate surface area is 192 Å². The van der Waals surface area contributed by atoms with E-state index < -0.39 is 18.1 Å². The molecule has 0 aliphatic heterocycles. The minimum atomic E-state index is -0.723. The average molecular weight is 450 g/mol. The Bertz CT molecular complexity index is 621. The van der Waals surface area contributed by atoms with Gasteiger partial charge in [-0.2, -0.15) is 11.8 Å². The van der Waals surface area contributed by atoms with Crippen molar-refractivity contribution in [1.82, 2.24) is 5.32 Å². The Balaban J connectivity index is 2.15. The van der Waals surface area contributed by atoms with E-state index >= 15 is 0 Å². The summed E-state index contributed by atoms with van der Waals surface area (Å²) in [5, 5.41) is 2.60. The number of ether oxygens (including phenoxy) is 2. The number of alkyl carbamates (subject to hydrolysis) is 1. The Morgan fingerprint density at radius 3 is 2.35 bits per heavy atom. The molecule has 6 heteroatoms. The van der Waals surface area contributed by atoms with Crippen LogP contribution in [0.3, 0.4) is 0 Å². The fourth-order valence-electron chi connectivity index (χ4n) is 3.05. The molecular formula is C25H39NO4S. The number of hydrogen-bond donors (Lipinski definition) is 1. The number of rotatable bonds is 17. The summed E-state index contributed by atoms with van der Waals surface area (Å²) in [6.07, 6.45) is 15.4. The van der Waals surface area contributed by atoms with E-state index in [9.17, 15) is 9.59 Å². The summed E-state index contributed by atoms with van der Waals surface area (Å²) in [4.78, 5) is 24.0. The maximum Gasteiger partial charge on any atom is 0.408 e. The zero-order valence-corrected chi connectivity index (χ0v) is 20.0. The smallest absolute Gasteiger partial charge is 0.408 e. The molecule has 0 fully saturated rings. The minimum Gasteiger partial charge on any atom is -0.467 e. The van der Waals surface area contributed by atoms with Gasteiger partial charge >= 0.3 is 12.1 Å². The van der Waals surface area contributed by atoms with Crippen molar-refractivity contribution >= 4 is 23.8 Å². The fourth-order valence-corrected chi connectivity index (χ4v) is 3.92. The second-order valence-corrected chi connectivity index (χ2v) is 8.63. The molecule has 1 aromatic rings. The van der Waals surface area contributed by atoms with E-state index in [0.717, 1.165) is 17.7 Å². The summed E-state index contributed by atoms with van der Waals surface area (Å²) in [6.45, 7) is 2.41. The second-order valence-electron chi connectivity index (χ2n) is 7.55. The largest absolute Gasteiger partial charge is 0.467 e. The van der Waals surface area contributed by atoms with Crippen molar-refractivity contribution in [3.63, 3.8) is 0 Å². The van der Waals surface area contributed by atoms with Gasteiger partial charge in [0.05, 0.1) is 7.11 Å². The number of nitrogens with one attached hydrogen (secondary N) is 1. The lowest BCUT2D eigenvalue weighted by Gasteiger charge is -2.15. The lowest BCUT2D eigenvalue weighted by molar-refractivity contribution is -0.142. The van der Waals surface area contributed by atoms with E-state index in [1.807, 2.05) is 30.3 Å². The van der Waals surface area contributed by atoms with Crippen molar-refractivity contribution in [3.8, 4) is 0 Å². The number of amides is 1. The summed E-state index contributed by atoms with van der Waals surface area (Å²) in [5.41, 5.74) is 0.892. The monoisotopic (exact) mass is 449 g/mol. The third-order valence-corrected chi connectivity index (χ3v) is 5.88. The van der Waals surface area contributed by atoms with Crippen molar-refractivity contribution in [2.45, 2.75) is 77.4 Å². The highest BCUT2D eigenvalue weighted by molar-refractivity contribution is 7.99. The summed E-state index contributed by atoms with van der Waals surface area (Å²) in [5.74, 6) is 0.771. The lowest BCUT2D eigenvalue weighted by Crippen LogP contribution is -2.43. The molecule has 1 N–H and O–H groups in total. The van der Waals surface area contributed by atoms with Crippen LogP contribution >= 0.6 is 11.8 Å². The van der Waals surface area contributed by atoms with Crippen LogP contribution in [0.15, 0.2) is 42.5 Å². The predicted molar refractivity (Wildman–Crippen MR) is 129 cm³/mol. The molecule has 5 nitrogen and oxygen atoms in total. The van der Waals surface area contributed by atoms with Crippen molar-refractivity contribution in [3.05, 3.63) is 48.0 Å². The molecule has 1 aromatic carbocycles. The molecule has 1 atom stereocenters. The first-order valence-corrected chi connectivity index (χ1v) is 12.6. The first-order valence-electron chi connectivity index (χ1n) is 11.4. The van der Waals surface area contributed by atoms with Crippen LogP contribution in [0.5, 0.6) is 0 Å². The number of hydrogen-bond acceptors (Lipinski definition) is 5. The normalized spacial score (nSPS) is 11.9. The third-order valence-electron chi connectivity index (χ3n) is 4.88. The fraction of sp³-hybridized carbons (Fsp3) is 0.600. The van der Waals surface area contributed by atoms with Gasteiger partial charge in [-0.15, -0.1) is 0 Å². The molecule has 174 valence electrons. The molecule has 31 heavy (non-hydrogen) atoms. The maximum absolute atomic E-state index is 12.0. The molecule has 0 saturated heterocycles. The van der Waals surface area contributed by atoms with Gasteiger partial charge in [0, 0.05) is 11.5 Å². The third kappa shape index (κ3) is 14.6. The predicted octanol–water partition coefficient (Wildman–Crippen LogP) is 6.27. The zero-order valence-electron chi connectivity index (χ0n) is 19.1. The summed E-state index contributed by atoms with van der Waals surface area (Å²) in [6, 6.07) is 8.69. The van der Waals surface area contributed by atoms with Crippen LogP contribution in [-0.2, 0) is 20.9 Å². The van der Waals surface area contributed by atoms with Crippen LogP contribution in [0.25, 0.3) is 0 Å². The highest BCUT2D eigenvalue weighted by Crippen LogP contribution is 2.11. The second kappa shape index (κ2) is 18.8. The molecule has 0 spiro atoms. The molecule has 0 saturated carbocycles. The summed E-state index contributed by atoms with van der Waals surface area (Å²) >= 11 is 1.58. The van der Waals surface area contributed by atoms with Crippen molar-refractivity contribution in [1.29, 1.82) is 0 Å². The van der Waals surface area contributed by atoms with E-state index in [-0.39, 0.29) is 6.61 Å². The van der Waals surface area contributed by atoms with E-state index in [1.54, 1.807) is 11.8 Å². The van der Waals surface area contributed by atoms with E-state index in [0.29, 0.717) is 5.75 Å². The maximum atomic E-state index is 12.0. The zero-order chi connectivity index (χ0) is 22.6. The number of esters is 1. The number of carbonyl (C=O) groups excluding carboxylic acids is 2. The SMILES string of the molecule is CCCCCCCCCC/C=C/CSC[C@H](NC(=O)OCc1ccccc1)C(=O)OC. The molecule has 0 bridgehead atoms. The van der Waals surface area contributed by atoms with Crippen molar-refractivity contribution in [2.75, 3.05) is 18.6 Å². The van der Waals surface area contributed by atoms with Crippen LogP contribution < -0.4 is 5.32 Å². The molecule has 0 radical (unpaired) electrons. The highest BCUT2D eigenvalue weighted by Gasteiger charge is 2.22. The number of allylic oxidation sites excluding steroid dienone is 1. The van der Waals surface area contributed by atoms with Gasteiger partial charge in [-0.25, -0.2) is 9.59 Å². The Morgan fingerprint density at radius 2 is 1.68 bits per heavy atom. The molecular weight excluding hydrogens is 410 g/mol. The van der Waals surface area contributed by atoms with Gasteiger partial charge in [0.25, 0.3) is 0 Å². The summed E-state index contributed by atoms with van der Waals surface area (Å²) < 4.78 is 9.99. The molecule has 0 aromatic heterocycles. The highest BCUT2D eigenvalue weighted by atomic mass is 32.2.